The summed E-state index contributed by atoms with van der Waals surface area (Å²) < 4.78 is 11.3. The van der Waals surface area contributed by atoms with Gasteiger partial charge in [-0.1, -0.05) is 97.1 Å². The van der Waals surface area contributed by atoms with Crippen LogP contribution in [-0.2, 0) is 15.1 Å². The molecule has 0 aliphatic carbocycles. The van der Waals surface area contributed by atoms with Crippen molar-refractivity contribution >= 4 is 17.5 Å². The fraction of sp³-hybridized carbons (Fsp3) is 0.129. The Balaban J connectivity index is 2.00. The van der Waals surface area contributed by atoms with Gasteiger partial charge in [-0.05, 0) is 30.2 Å². The molecule has 0 bridgehead atoms. The van der Waals surface area contributed by atoms with Crippen LogP contribution in [0.4, 0.5) is 0 Å². The van der Waals surface area contributed by atoms with Crippen molar-refractivity contribution in [2.75, 3.05) is 13.7 Å². The SMILES string of the molecule is CCOC(C(=O)c1ccccc1)(c1ccccc1)c1ccc(C(=O)OC)c(C(=O)c2ccccc2)c1. The molecule has 0 aliphatic rings. The smallest absolute Gasteiger partial charge is 0.338 e. The van der Waals surface area contributed by atoms with Gasteiger partial charge in [-0.15, -0.1) is 0 Å². The molecule has 0 radical (unpaired) electrons. The Morgan fingerprint density at radius 2 is 1.22 bits per heavy atom. The van der Waals surface area contributed by atoms with Crippen molar-refractivity contribution in [3.63, 3.8) is 0 Å². The topological polar surface area (TPSA) is 69.7 Å². The average molecular weight is 479 g/mol. The molecule has 5 nitrogen and oxygen atoms in total. The van der Waals surface area contributed by atoms with E-state index in [0.717, 1.165) is 0 Å². The van der Waals surface area contributed by atoms with Crippen LogP contribution in [0.1, 0.15) is 54.7 Å². The zero-order valence-corrected chi connectivity index (χ0v) is 20.1. The summed E-state index contributed by atoms with van der Waals surface area (Å²) in [4.78, 5) is 40.4. The highest BCUT2D eigenvalue weighted by Crippen LogP contribution is 2.38. The fourth-order valence-electron chi connectivity index (χ4n) is 4.33. The maximum Gasteiger partial charge on any atom is 0.338 e. The number of carbonyl (C=O) groups excluding carboxylic acids is 3. The van der Waals surface area contributed by atoms with E-state index < -0.39 is 11.6 Å². The van der Waals surface area contributed by atoms with Crippen molar-refractivity contribution < 1.29 is 23.9 Å². The third-order valence-electron chi connectivity index (χ3n) is 6.01. The van der Waals surface area contributed by atoms with E-state index >= 15 is 0 Å². The fourth-order valence-corrected chi connectivity index (χ4v) is 4.33. The number of Topliss-reactive ketones (excluding diaryl/α,β-unsaturated/α-hetero) is 1. The molecule has 5 heteroatoms. The second-order valence-electron chi connectivity index (χ2n) is 8.12. The van der Waals surface area contributed by atoms with Crippen LogP contribution in [0.5, 0.6) is 0 Å². The molecule has 0 amide bonds. The van der Waals surface area contributed by atoms with Crippen LogP contribution in [0.3, 0.4) is 0 Å². The highest BCUT2D eigenvalue weighted by molar-refractivity contribution is 6.15. The Bertz CT molecular complexity index is 1360. The van der Waals surface area contributed by atoms with Crippen molar-refractivity contribution in [2.45, 2.75) is 12.5 Å². The molecule has 4 rings (SSSR count). The van der Waals surface area contributed by atoms with Gasteiger partial charge in [0.1, 0.15) is 0 Å². The van der Waals surface area contributed by atoms with Crippen LogP contribution < -0.4 is 0 Å². The highest BCUT2D eigenvalue weighted by Gasteiger charge is 2.44. The molecule has 0 fully saturated rings. The number of carbonyl (C=O) groups is 3. The first-order valence-corrected chi connectivity index (χ1v) is 11.6. The molecule has 1 atom stereocenters. The summed E-state index contributed by atoms with van der Waals surface area (Å²) in [7, 11) is 1.26. The largest absolute Gasteiger partial charge is 0.465 e. The Kier molecular flexibility index (Phi) is 7.52. The molecule has 36 heavy (non-hydrogen) atoms. The molecule has 0 saturated heterocycles. The Morgan fingerprint density at radius 3 is 1.78 bits per heavy atom. The van der Waals surface area contributed by atoms with Gasteiger partial charge in [-0.2, -0.15) is 0 Å². The molecule has 0 spiro atoms. The van der Waals surface area contributed by atoms with Crippen LogP contribution in [0.25, 0.3) is 0 Å². The quantitative estimate of drug-likeness (QED) is 0.222. The standard InChI is InChI=1S/C31H26O5/c1-3-36-31(24-17-11-6-12-18-24,29(33)23-15-9-5-10-16-23)25-19-20-26(30(34)35-2)27(21-25)28(32)22-13-7-4-8-14-22/h4-21H,3H2,1-2H3. The summed E-state index contributed by atoms with van der Waals surface area (Å²) in [5.74, 6) is -1.28. The molecule has 0 N–H and O–H groups in total. The average Bonchev–Trinajstić information content (AvgIpc) is 2.96. The van der Waals surface area contributed by atoms with Crippen LogP contribution in [-0.4, -0.2) is 31.3 Å². The first-order chi connectivity index (χ1) is 17.5. The van der Waals surface area contributed by atoms with Gasteiger partial charge in [0.25, 0.3) is 0 Å². The van der Waals surface area contributed by atoms with Crippen molar-refractivity contribution in [1.82, 2.24) is 0 Å². The van der Waals surface area contributed by atoms with E-state index in [1.165, 1.54) is 13.2 Å². The Morgan fingerprint density at radius 1 is 0.667 bits per heavy atom. The van der Waals surface area contributed by atoms with Crippen LogP contribution in [0.2, 0.25) is 0 Å². The lowest BCUT2D eigenvalue weighted by Crippen LogP contribution is -2.40. The molecule has 1 unspecified atom stereocenters. The van der Waals surface area contributed by atoms with E-state index in [9.17, 15) is 14.4 Å². The zero-order valence-electron chi connectivity index (χ0n) is 20.1. The van der Waals surface area contributed by atoms with E-state index in [1.807, 2.05) is 49.4 Å². The summed E-state index contributed by atoms with van der Waals surface area (Å²) >= 11 is 0. The summed E-state index contributed by atoms with van der Waals surface area (Å²) in [6.07, 6.45) is 0. The second-order valence-corrected chi connectivity index (χ2v) is 8.12. The van der Waals surface area contributed by atoms with E-state index in [4.69, 9.17) is 9.47 Å². The van der Waals surface area contributed by atoms with Gasteiger partial charge in [0, 0.05) is 23.3 Å². The number of rotatable bonds is 9. The number of esters is 1. The number of ether oxygens (including phenoxy) is 2. The Labute approximate surface area is 210 Å². The van der Waals surface area contributed by atoms with Crippen molar-refractivity contribution in [3.8, 4) is 0 Å². The van der Waals surface area contributed by atoms with Gasteiger partial charge in [0.05, 0.1) is 12.7 Å². The monoisotopic (exact) mass is 478 g/mol. The lowest BCUT2D eigenvalue weighted by atomic mass is 9.78. The molecule has 0 aliphatic heterocycles. The number of hydrogen-bond acceptors (Lipinski definition) is 5. The minimum atomic E-state index is -1.54. The summed E-state index contributed by atoms with van der Waals surface area (Å²) in [6, 6.07) is 31.5. The van der Waals surface area contributed by atoms with Gasteiger partial charge in [0.2, 0.25) is 5.78 Å². The molecule has 0 saturated carbocycles. The number of benzene rings is 4. The third kappa shape index (κ3) is 4.61. The second kappa shape index (κ2) is 10.9. The van der Waals surface area contributed by atoms with E-state index in [2.05, 4.69) is 0 Å². The van der Waals surface area contributed by atoms with Gasteiger partial charge >= 0.3 is 5.97 Å². The van der Waals surface area contributed by atoms with E-state index in [1.54, 1.807) is 60.7 Å². The summed E-state index contributed by atoms with van der Waals surface area (Å²) in [6.45, 7) is 2.04. The molecule has 180 valence electrons. The number of hydrogen-bond donors (Lipinski definition) is 0. The Hall–Kier alpha value is -4.35. The predicted octanol–water partition coefficient (Wildman–Crippen LogP) is 5.87. The first kappa shape index (κ1) is 24.8. The summed E-state index contributed by atoms with van der Waals surface area (Å²) in [5.41, 5.74) is 0.629. The first-order valence-electron chi connectivity index (χ1n) is 11.6. The maximum atomic E-state index is 14.2. The molecule has 4 aromatic carbocycles. The van der Waals surface area contributed by atoms with Crippen molar-refractivity contribution in [2.24, 2.45) is 0 Å². The molecule has 0 heterocycles. The van der Waals surface area contributed by atoms with E-state index in [-0.39, 0.29) is 29.3 Å². The molecule has 4 aromatic rings. The number of ketones is 2. The summed E-state index contributed by atoms with van der Waals surface area (Å²) in [5, 5.41) is 0. The minimum Gasteiger partial charge on any atom is -0.465 e. The minimum absolute atomic E-state index is 0.112. The highest BCUT2D eigenvalue weighted by atomic mass is 16.5. The lowest BCUT2D eigenvalue weighted by molar-refractivity contribution is 0.000465. The zero-order chi connectivity index (χ0) is 25.5. The normalized spacial score (nSPS) is 12.4. The number of methoxy groups -OCH3 is 1. The van der Waals surface area contributed by atoms with Crippen LogP contribution in [0.15, 0.2) is 109 Å². The molecular formula is C31H26O5. The molecular weight excluding hydrogens is 452 g/mol. The van der Waals surface area contributed by atoms with Crippen molar-refractivity contribution in [1.29, 1.82) is 0 Å². The third-order valence-corrected chi connectivity index (χ3v) is 6.01. The van der Waals surface area contributed by atoms with Gasteiger partial charge in [-0.3, -0.25) is 9.59 Å². The maximum absolute atomic E-state index is 14.2. The molecule has 0 aromatic heterocycles. The predicted molar refractivity (Wildman–Crippen MR) is 137 cm³/mol. The van der Waals surface area contributed by atoms with E-state index in [0.29, 0.717) is 22.3 Å². The van der Waals surface area contributed by atoms with Crippen molar-refractivity contribution in [3.05, 3.63) is 143 Å². The van der Waals surface area contributed by atoms with Crippen LogP contribution in [0, 0.1) is 0 Å². The van der Waals surface area contributed by atoms with Gasteiger partial charge in [-0.25, -0.2) is 4.79 Å². The van der Waals surface area contributed by atoms with Gasteiger partial charge in [0.15, 0.2) is 11.4 Å². The lowest BCUT2D eigenvalue weighted by Gasteiger charge is -2.34. The van der Waals surface area contributed by atoms with Gasteiger partial charge < -0.3 is 9.47 Å². The van der Waals surface area contributed by atoms with Crippen LogP contribution >= 0.6 is 0 Å².